The molecule has 0 spiro atoms. The number of Topliss-reactive ketones (excluding diaryl/α,β-unsaturated/α-hetero) is 2. The summed E-state index contributed by atoms with van der Waals surface area (Å²) in [5.41, 5.74) is 4.09. The molecule has 0 saturated carbocycles. The second-order valence-electron chi connectivity index (χ2n) is 7.28. The van der Waals surface area contributed by atoms with Crippen LogP contribution < -0.4 is 0 Å². The maximum Gasteiger partial charge on any atom is 0.355 e. The van der Waals surface area contributed by atoms with E-state index < -0.39 is 12.6 Å². The van der Waals surface area contributed by atoms with Gasteiger partial charge in [-0.2, -0.15) is 0 Å². The molecule has 0 unspecified atom stereocenters. The maximum absolute atomic E-state index is 13.6. The van der Waals surface area contributed by atoms with E-state index in [-0.39, 0.29) is 23.1 Å². The fourth-order valence-electron chi connectivity index (χ4n) is 3.82. The number of ether oxygens (including phenoxy) is 1. The Balaban J connectivity index is 1.79. The fourth-order valence-corrected chi connectivity index (χ4v) is 3.82. The first kappa shape index (κ1) is 21.2. The Bertz CT molecular complexity index is 1170. The molecule has 156 valence electrons. The molecule has 0 amide bonds. The molecule has 0 aliphatic carbocycles. The number of carbonyl (C=O) groups excluding carboxylic acids is 3. The average Bonchev–Trinajstić information content (AvgIpc) is 3.14. The number of H-pyrrole nitrogens is 1. The van der Waals surface area contributed by atoms with Crippen LogP contribution in [0.1, 0.15) is 60.8 Å². The molecular formula is C23H23FN2O4. The van der Waals surface area contributed by atoms with Gasteiger partial charge >= 0.3 is 5.97 Å². The zero-order valence-corrected chi connectivity index (χ0v) is 17.6. The molecular weight excluding hydrogens is 387 g/mol. The van der Waals surface area contributed by atoms with Crippen molar-refractivity contribution in [3.05, 3.63) is 75.6 Å². The molecule has 1 N–H and O–H groups in total. The number of benzene rings is 1. The molecule has 2 heterocycles. The smallest absolute Gasteiger partial charge is 0.355 e. The average molecular weight is 410 g/mol. The first-order valence-corrected chi connectivity index (χ1v) is 9.47. The summed E-state index contributed by atoms with van der Waals surface area (Å²) in [6.45, 7) is 7.91. The van der Waals surface area contributed by atoms with Crippen molar-refractivity contribution in [2.45, 2.75) is 34.6 Å². The number of halogens is 1. The van der Waals surface area contributed by atoms with E-state index in [9.17, 15) is 18.8 Å². The van der Waals surface area contributed by atoms with Crippen molar-refractivity contribution in [1.82, 2.24) is 9.55 Å². The number of rotatable bonds is 6. The lowest BCUT2D eigenvalue weighted by Crippen LogP contribution is -2.16. The third-order valence-electron chi connectivity index (χ3n) is 5.13. The van der Waals surface area contributed by atoms with Crippen LogP contribution in [0.2, 0.25) is 0 Å². The van der Waals surface area contributed by atoms with Gasteiger partial charge in [0.15, 0.2) is 12.4 Å². The number of aryl methyl sites for hydroxylation is 2. The standard InChI is InChI=1S/C23H23FN2O4/c1-12-9-19(15(4)26(12)18-8-6-7-17(24)10-18)20(28)11-30-23(29)22-13(2)21(16(5)27)14(3)25-22/h6-10,25H,11H2,1-5H3. The maximum atomic E-state index is 13.6. The third kappa shape index (κ3) is 3.83. The lowest BCUT2D eigenvalue weighted by Gasteiger charge is -2.10. The molecule has 7 heteroatoms. The first-order chi connectivity index (χ1) is 14.1. The van der Waals surface area contributed by atoms with E-state index in [4.69, 9.17) is 4.74 Å². The molecule has 0 radical (unpaired) electrons. The normalized spacial score (nSPS) is 10.9. The minimum Gasteiger partial charge on any atom is -0.453 e. The molecule has 30 heavy (non-hydrogen) atoms. The van der Waals surface area contributed by atoms with Gasteiger partial charge < -0.3 is 14.3 Å². The van der Waals surface area contributed by atoms with Crippen LogP contribution >= 0.6 is 0 Å². The van der Waals surface area contributed by atoms with Gasteiger partial charge in [-0.25, -0.2) is 9.18 Å². The first-order valence-electron chi connectivity index (χ1n) is 9.47. The van der Waals surface area contributed by atoms with E-state index in [1.54, 1.807) is 43.5 Å². The Labute approximate surface area is 173 Å². The van der Waals surface area contributed by atoms with Crippen molar-refractivity contribution in [2.24, 2.45) is 0 Å². The molecule has 3 aromatic rings. The van der Waals surface area contributed by atoms with Crippen LogP contribution in [0.5, 0.6) is 0 Å². The molecule has 6 nitrogen and oxygen atoms in total. The quantitative estimate of drug-likeness (QED) is 0.482. The Hall–Kier alpha value is -3.48. The topological polar surface area (TPSA) is 81.2 Å². The van der Waals surface area contributed by atoms with E-state index in [1.807, 2.05) is 6.92 Å². The third-order valence-corrected chi connectivity index (χ3v) is 5.13. The van der Waals surface area contributed by atoms with Crippen LogP contribution in [0.15, 0.2) is 30.3 Å². The number of aromatic nitrogens is 2. The fraction of sp³-hybridized carbons (Fsp3) is 0.261. The number of carbonyl (C=O) groups is 3. The van der Waals surface area contributed by atoms with Crippen LogP contribution in [-0.2, 0) is 4.74 Å². The summed E-state index contributed by atoms with van der Waals surface area (Å²) in [6, 6.07) is 7.78. The summed E-state index contributed by atoms with van der Waals surface area (Å²) in [5.74, 6) is -1.59. The van der Waals surface area contributed by atoms with Crippen molar-refractivity contribution in [2.75, 3.05) is 6.61 Å². The summed E-state index contributed by atoms with van der Waals surface area (Å²) in [4.78, 5) is 39.7. The number of ketones is 2. The van der Waals surface area contributed by atoms with Gasteiger partial charge in [-0.1, -0.05) is 6.07 Å². The monoisotopic (exact) mass is 410 g/mol. The highest BCUT2D eigenvalue weighted by molar-refractivity contribution is 6.03. The van der Waals surface area contributed by atoms with E-state index in [1.165, 1.54) is 19.1 Å². The van der Waals surface area contributed by atoms with Crippen molar-refractivity contribution in [1.29, 1.82) is 0 Å². The Kier molecular flexibility index (Phi) is 5.73. The Morgan fingerprint density at radius 2 is 1.80 bits per heavy atom. The minimum atomic E-state index is -0.699. The zero-order chi connectivity index (χ0) is 22.2. The van der Waals surface area contributed by atoms with E-state index in [0.717, 1.165) is 5.69 Å². The summed E-state index contributed by atoms with van der Waals surface area (Å²) in [6.07, 6.45) is 0. The second-order valence-corrected chi connectivity index (χ2v) is 7.28. The van der Waals surface area contributed by atoms with Gasteiger partial charge in [-0.3, -0.25) is 9.59 Å². The van der Waals surface area contributed by atoms with Crippen LogP contribution in [-0.4, -0.2) is 33.7 Å². The number of hydrogen-bond acceptors (Lipinski definition) is 4. The van der Waals surface area contributed by atoms with Gasteiger partial charge in [0.05, 0.1) is 0 Å². The number of hydrogen-bond donors (Lipinski definition) is 1. The SMILES string of the molecule is CC(=O)c1c(C)[nH]c(C(=O)OCC(=O)c2cc(C)n(-c3cccc(F)c3)c2C)c1C. The van der Waals surface area contributed by atoms with Crippen LogP contribution in [0.3, 0.4) is 0 Å². The van der Waals surface area contributed by atoms with Crippen LogP contribution in [0, 0.1) is 33.5 Å². The molecule has 3 rings (SSSR count). The van der Waals surface area contributed by atoms with Gasteiger partial charge in [0.1, 0.15) is 11.5 Å². The highest BCUT2D eigenvalue weighted by Gasteiger charge is 2.23. The molecule has 2 aromatic heterocycles. The largest absolute Gasteiger partial charge is 0.453 e. The lowest BCUT2D eigenvalue weighted by molar-refractivity contribution is 0.0468. The molecule has 1 aromatic carbocycles. The highest BCUT2D eigenvalue weighted by atomic mass is 19.1. The molecule has 0 aliphatic heterocycles. The Morgan fingerprint density at radius 3 is 2.40 bits per heavy atom. The Morgan fingerprint density at radius 1 is 1.10 bits per heavy atom. The predicted octanol–water partition coefficient (Wildman–Crippen LogP) is 4.42. The summed E-state index contributed by atoms with van der Waals surface area (Å²) in [7, 11) is 0. The lowest BCUT2D eigenvalue weighted by atomic mass is 10.1. The summed E-state index contributed by atoms with van der Waals surface area (Å²) < 4.78 is 20.6. The van der Waals surface area contributed by atoms with Crippen molar-refractivity contribution in [3.63, 3.8) is 0 Å². The predicted molar refractivity (Wildman–Crippen MR) is 110 cm³/mol. The zero-order valence-electron chi connectivity index (χ0n) is 17.6. The van der Waals surface area contributed by atoms with Crippen molar-refractivity contribution < 1.29 is 23.5 Å². The molecule has 0 saturated heterocycles. The van der Waals surface area contributed by atoms with Gasteiger partial charge in [-0.15, -0.1) is 0 Å². The van der Waals surface area contributed by atoms with Gasteiger partial charge in [0.25, 0.3) is 0 Å². The number of esters is 1. The number of aromatic amines is 1. The van der Waals surface area contributed by atoms with Crippen LogP contribution in [0.25, 0.3) is 5.69 Å². The molecule has 0 atom stereocenters. The van der Waals surface area contributed by atoms with Gasteiger partial charge in [0.2, 0.25) is 5.78 Å². The molecule has 0 bridgehead atoms. The van der Waals surface area contributed by atoms with Gasteiger partial charge in [-0.05, 0) is 64.4 Å². The van der Waals surface area contributed by atoms with Crippen molar-refractivity contribution >= 4 is 17.5 Å². The van der Waals surface area contributed by atoms with E-state index in [2.05, 4.69) is 4.98 Å². The molecule has 0 aliphatic rings. The minimum absolute atomic E-state index is 0.152. The van der Waals surface area contributed by atoms with Crippen LogP contribution in [0.4, 0.5) is 4.39 Å². The van der Waals surface area contributed by atoms with Gasteiger partial charge in [0, 0.05) is 33.9 Å². The van der Waals surface area contributed by atoms with E-state index in [0.29, 0.717) is 33.8 Å². The second kappa shape index (κ2) is 8.10. The van der Waals surface area contributed by atoms with E-state index >= 15 is 0 Å². The summed E-state index contributed by atoms with van der Waals surface area (Å²) in [5, 5.41) is 0. The highest BCUT2D eigenvalue weighted by Crippen LogP contribution is 2.23. The number of nitrogens with zero attached hydrogens (tertiary/aromatic N) is 1. The number of nitrogens with one attached hydrogen (secondary N) is 1. The molecule has 0 fully saturated rings. The van der Waals surface area contributed by atoms with Crippen molar-refractivity contribution in [3.8, 4) is 5.69 Å². The summed E-state index contributed by atoms with van der Waals surface area (Å²) >= 11 is 0.